The van der Waals surface area contributed by atoms with Gasteiger partial charge in [-0.3, -0.25) is 4.79 Å². The second-order valence-corrected chi connectivity index (χ2v) is 4.02. The number of amides is 1. The first kappa shape index (κ1) is 11.4. The van der Waals surface area contributed by atoms with Crippen LogP contribution in [0.3, 0.4) is 0 Å². The van der Waals surface area contributed by atoms with Crippen molar-refractivity contribution in [3.05, 3.63) is 23.8 Å². The summed E-state index contributed by atoms with van der Waals surface area (Å²) in [5.74, 6) is -0.582. The monoisotopic (exact) mass is 234 g/mol. The Morgan fingerprint density at radius 2 is 2.18 bits per heavy atom. The van der Waals surface area contributed by atoms with Crippen LogP contribution in [-0.2, 0) is 9.53 Å². The second kappa shape index (κ2) is 4.45. The van der Waals surface area contributed by atoms with E-state index in [0.29, 0.717) is 17.8 Å². The first-order valence-corrected chi connectivity index (χ1v) is 5.39. The maximum atomic E-state index is 11.7. The summed E-state index contributed by atoms with van der Waals surface area (Å²) < 4.78 is 4.63. The van der Waals surface area contributed by atoms with Crippen molar-refractivity contribution in [2.75, 3.05) is 24.3 Å². The molecule has 1 aliphatic rings. The van der Waals surface area contributed by atoms with E-state index in [4.69, 9.17) is 0 Å². The lowest BCUT2D eigenvalue weighted by molar-refractivity contribution is -0.118. The molecule has 0 bridgehead atoms. The molecule has 2 N–H and O–H groups in total. The minimum atomic E-state index is -0.417. The van der Waals surface area contributed by atoms with Crippen molar-refractivity contribution in [1.82, 2.24) is 0 Å². The van der Waals surface area contributed by atoms with Crippen LogP contribution in [0.1, 0.15) is 17.3 Å². The third-order valence-corrected chi connectivity index (χ3v) is 2.74. The van der Waals surface area contributed by atoms with Gasteiger partial charge in [-0.2, -0.15) is 0 Å². The molecule has 1 heterocycles. The largest absolute Gasteiger partial charge is 0.465 e. The zero-order chi connectivity index (χ0) is 12.4. The summed E-state index contributed by atoms with van der Waals surface area (Å²) in [6.45, 7) is 2.42. The lowest BCUT2D eigenvalue weighted by atomic mass is 10.1. The quantitative estimate of drug-likeness (QED) is 0.722. The number of benzene rings is 1. The summed E-state index contributed by atoms with van der Waals surface area (Å²) in [5.41, 5.74) is 1.85. The summed E-state index contributed by atoms with van der Waals surface area (Å²) in [7, 11) is 1.33. The molecule has 5 heteroatoms. The van der Waals surface area contributed by atoms with Gasteiger partial charge in [-0.1, -0.05) is 6.92 Å². The van der Waals surface area contributed by atoms with E-state index >= 15 is 0 Å². The number of methoxy groups -OCH3 is 1. The average molecular weight is 234 g/mol. The molecule has 0 saturated carbocycles. The maximum Gasteiger partial charge on any atom is 0.337 e. The van der Waals surface area contributed by atoms with Crippen molar-refractivity contribution in [2.45, 2.75) is 6.92 Å². The predicted molar refractivity (Wildman–Crippen MR) is 64.1 cm³/mol. The Kier molecular flexibility index (Phi) is 2.99. The molecule has 2 rings (SSSR count). The number of rotatable bonds is 1. The number of esters is 1. The molecular weight excluding hydrogens is 220 g/mol. The highest BCUT2D eigenvalue weighted by Crippen LogP contribution is 2.26. The molecule has 5 nitrogen and oxygen atoms in total. The lowest BCUT2D eigenvalue weighted by Gasteiger charge is -2.08. The Hall–Kier alpha value is -2.04. The molecule has 1 unspecified atom stereocenters. The molecule has 0 saturated heterocycles. The summed E-state index contributed by atoms with van der Waals surface area (Å²) in [6.07, 6.45) is 0. The molecule has 1 aromatic rings. The van der Waals surface area contributed by atoms with Gasteiger partial charge >= 0.3 is 5.97 Å². The van der Waals surface area contributed by atoms with Gasteiger partial charge in [0.25, 0.3) is 0 Å². The fraction of sp³-hybridized carbons (Fsp3) is 0.333. The van der Waals surface area contributed by atoms with Crippen molar-refractivity contribution in [1.29, 1.82) is 0 Å². The van der Waals surface area contributed by atoms with Gasteiger partial charge in [-0.25, -0.2) is 4.79 Å². The van der Waals surface area contributed by atoms with Crippen molar-refractivity contribution < 1.29 is 14.3 Å². The highest BCUT2D eigenvalue weighted by atomic mass is 16.5. The highest BCUT2D eigenvalue weighted by Gasteiger charge is 2.20. The minimum Gasteiger partial charge on any atom is -0.465 e. The number of ether oxygens (including phenoxy) is 1. The van der Waals surface area contributed by atoms with Crippen molar-refractivity contribution in [3.63, 3.8) is 0 Å². The molecular formula is C12H14N2O3. The smallest absolute Gasteiger partial charge is 0.337 e. The van der Waals surface area contributed by atoms with Gasteiger partial charge in [-0.05, 0) is 18.2 Å². The van der Waals surface area contributed by atoms with Crippen LogP contribution in [0.25, 0.3) is 0 Å². The zero-order valence-corrected chi connectivity index (χ0v) is 9.74. The van der Waals surface area contributed by atoms with E-state index in [0.717, 1.165) is 5.69 Å². The molecule has 0 fully saturated rings. The third-order valence-electron chi connectivity index (χ3n) is 2.74. The van der Waals surface area contributed by atoms with E-state index in [1.54, 1.807) is 18.2 Å². The van der Waals surface area contributed by atoms with Crippen LogP contribution in [0.2, 0.25) is 0 Å². The molecule has 90 valence electrons. The van der Waals surface area contributed by atoms with Gasteiger partial charge in [-0.15, -0.1) is 0 Å². The summed E-state index contributed by atoms with van der Waals surface area (Å²) >= 11 is 0. The summed E-state index contributed by atoms with van der Waals surface area (Å²) in [4.78, 5) is 23.0. The highest BCUT2D eigenvalue weighted by molar-refractivity contribution is 6.00. The van der Waals surface area contributed by atoms with E-state index in [-0.39, 0.29) is 11.8 Å². The number of anilines is 2. The normalized spacial score (nSPS) is 18.5. The topological polar surface area (TPSA) is 67.4 Å². The number of hydrogen-bond acceptors (Lipinski definition) is 4. The number of carbonyl (C=O) groups is 2. The zero-order valence-electron chi connectivity index (χ0n) is 9.74. The predicted octanol–water partition coefficient (Wildman–Crippen LogP) is 1.47. The Morgan fingerprint density at radius 1 is 1.41 bits per heavy atom. The van der Waals surface area contributed by atoms with Crippen molar-refractivity contribution in [3.8, 4) is 0 Å². The molecule has 0 aromatic heterocycles. The Labute approximate surface area is 99.2 Å². The summed E-state index contributed by atoms with van der Waals surface area (Å²) in [5, 5.41) is 5.94. The molecule has 1 amide bonds. The van der Waals surface area contributed by atoms with E-state index in [1.165, 1.54) is 7.11 Å². The molecule has 17 heavy (non-hydrogen) atoms. The van der Waals surface area contributed by atoms with E-state index in [1.807, 2.05) is 6.92 Å². The number of carbonyl (C=O) groups excluding carboxylic acids is 2. The Morgan fingerprint density at radius 3 is 2.88 bits per heavy atom. The van der Waals surface area contributed by atoms with Crippen molar-refractivity contribution in [2.24, 2.45) is 5.92 Å². The van der Waals surface area contributed by atoms with E-state index in [2.05, 4.69) is 15.4 Å². The van der Waals surface area contributed by atoms with E-state index < -0.39 is 5.97 Å². The number of hydrogen-bond donors (Lipinski definition) is 2. The maximum absolute atomic E-state index is 11.7. The summed E-state index contributed by atoms with van der Waals surface area (Å²) in [6, 6.07) is 5.05. The second-order valence-electron chi connectivity index (χ2n) is 4.02. The molecule has 0 radical (unpaired) electrons. The Balaban J connectivity index is 2.35. The fourth-order valence-electron chi connectivity index (χ4n) is 1.66. The van der Waals surface area contributed by atoms with Crippen LogP contribution < -0.4 is 10.6 Å². The standard InChI is InChI=1S/C12H14N2O3/c1-7-6-13-9-4-3-8(12(16)17-2)5-10(9)14-11(7)15/h3-5,7,13H,6H2,1-2H3,(H,14,15). The van der Waals surface area contributed by atoms with Crippen LogP contribution in [0, 0.1) is 5.92 Å². The van der Waals surface area contributed by atoms with Gasteiger partial charge in [0.1, 0.15) is 0 Å². The van der Waals surface area contributed by atoms with Gasteiger partial charge < -0.3 is 15.4 Å². The van der Waals surface area contributed by atoms with Gasteiger partial charge in [0.15, 0.2) is 0 Å². The SMILES string of the molecule is COC(=O)c1ccc2c(c1)NC(=O)C(C)CN2. The molecule has 0 spiro atoms. The first-order chi connectivity index (χ1) is 8.11. The van der Waals surface area contributed by atoms with Crippen LogP contribution in [-0.4, -0.2) is 25.5 Å². The molecule has 1 aliphatic heterocycles. The van der Waals surface area contributed by atoms with Crippen LogP contribution in [0.5, 0.6) is 0 Å². The third kappa shape index (κ3) is 2.22. The first-order valence-electron chi connectivity index (χ1n) is 5.39. The van der Waals surface area contributed by atoms with Gasteiger partial charge in [0.05, 0.1) is 30.0 Å². The number of nitrogens with one attached hydrogen (secondary N) is 2. The van der Waals surface area contributed by atoms with Crippen molar-refractivity contribution >= 4 is 23.3 Å². The average Bonchev–Trinajstić information content (AvgIpc) is 2.48. The number of fused-ring (bicyclic) bond motifs is 1. The molecule has 1 atom stereocenters. The minimum absolute atomic E-state index is 0.0572. The Bertz CT molecular complexity index is 471. The van der Waals surface area contributed by atoms with E-state index in [9.17, 15) is 9.59 Å². The van der Waals surface area contributed by atoms with Crippen LogP contribution in [0.15, 0.2) is 18.2 Å². The molecule has 1 aromatic carbocycles. The molecule has 0 aliphatic carbocycles. The van der Waals surface area contributed by atoms with Crippen LogP contribution >= 0.6 is 0 Å². The lowest BCUT2D eigenvalue weighted by Crippen LogP contribution is -2.22. The fourth-order valence-corrected chi connectivity index (χ4v) is 1.66. The van der Waals surface area contributed by atoms with Crippen LogP contribution in [0.4, 0.5) is 11.4 Å². The van der Waals surface area contributed by atoms with Gasteiger partial charge in [0, 0.05) is 6.54 Å². The van der Waals surface area contributed by atoms with Gasteiger partial charge in [0.2, 0.25) is 5.91 Å².